The topological polar surface area (TPSA) is 52.6 Å². The summed E-state index contributed by atoms with van der Waals surface area (Å²) in [5, 5.41) is 11.0. The lowest BCUT2D eigenvalue weighted by Crippen LogP contribution is -2.48. The van der Waals surface area contributed by atoms with Crippen molar-refractivity contribution in [3.05, 3.63) is 46.6 Å². The second kappa shape index (κ2) is 9.78. The van der Waals surface area contributed by atoms with Gasteiger partial charge in [0, 0.05) is 38.4 Å². The van der Waals surface area contributed by atoms with Crippen molar-refractivity contribution in [3.8, 4) is 0 Å². The maximum atomic E-state index is 5.83. The van der Waals surface area contributed by atoms with Crippen LogP contribution in [-0.4, -0.2) is 43.2 Å². The Hall–Kier alpha value is -1.79. The summed E-state index contributed by atoms with van der Waals surface area (Å²) in [6.45, 7) is 5.87. The molecule has 2 aromatic heterocycles. The molecule has 0 bridgehead atoms. The largest absolute Gasteiger partial charge is 0.363 e. The van der Waals surface area contributed by atoms with Crippen molar-refractivity contribution in [1.29, 1.82) is 0 Å². The highest BCUT2D eigenvalue weighted by Gasteiger charge is 2.20. The van der Waals surface area contributed by atoms with Crippen LogP contribution in [0.15, 0.2) is 40.8 Å². The number of aromatic nitrogens is 1. The van der Waals surface area contributed by atoms with Crippen molar-refractivity contribution in [2.75, 3.05) is 31.1 Å². The Bertz CT molecular complexity index is 678. The van der Waals surface area contributed by atoms with Crippen LogP contribution >= 0.6 is 22.9 Å². The Morgan fingerprint density at radius 3 is 2.85 bits per heavy atom. The summed E-state index contributed by atoms with van der Waals surface area (Å²) >= 11 is 7.65. The molecule has 2 N–H and O–H groups in total. The van der Waals surface area contributed by atoms with E-state index in [0.29, 0.717) is 11.2 Å². The van der Waals surface area contributed by atoms with Crippen LogP contribution < -0.4 is 15.5 Å². The predicted molar refractivity (Wildman–Crippen MR) is 112 cm³/mol. The number of aliphatic imine (C=N–C) groups is 1. The number of nitrogens with zero attached hydrogens (tertiary/aromatic N) is 3. The first-order valence-corrected chi connectivity index (χ1v) is 10.4. The van der Waals surface area contributed by atoms with E-state index in [1.54, 1.807) is 0 Å². The molecule has 1 fully saturated rings. The van der Waals surface area contributed by atoms with Gasteiger partial charge in [-0.2, -0.15) is 0 Å². The van der Waals surface area contributed by atoms with Gasteiger partial charge in [0.25, 0.3) is 0 Å². The van der Waals surface area contributed by atoms with E-state index in [4.69, 9.17) is 16.6 Å². The van der Waals surface area contributed by atoms with E-state index in [2.05, 4.69) is 45.0 Å². The van der Waals surface area contributed by atoms with Gasteiger partial charge < -0.3 is 15.5 Å². The molecule has 0 aromatic carbocycles. The van der Waals surface area contributed by atoms with Gasteiger partial charge in [0.2, 0.25) is 0 Å². The van der Waals surface area contributed by atoms with Gasteiger partial charge in [0.05, 0.1) is 5.00 Å². The standard InChI is InChI=1S/C19H26ClN5S/c1-2-21-19(22-10-7-15-5-6-17(20)23-14-15)24-16-8-11-25(12-9-16)18-4-3-13-26-18/h3-6,13-14,16H,2,7-12H2,1H3,(H2,21,22,24). The molecule has 7 heteroatoms. The molecule has 0 spiro atoms. The minimum absolute atomic E-state index is 0.473. The Morgan fingerprint density at radius 1 is 1.35 bits per heavy atom. The van der Waals surface area contributed by atoms with E-state index in [1.807, 2.05) is 29.7 Å². The van der Waals surface area contributed by atoms with Crippen molar-refractivity contribution in [2.45, 2.75) is 32.2 Å². The van der Waals surface area contributed by atoms with Crippen LogP contribution in [0.1, 0.15) is 25.3 Å². The van der Waals surface area contributed by atoms with Crippen LogP contribution in [0.2, 0.25) is 5.15 Å². The molecular formula is C19H26ClN5S. The molecule has 0 radical (unpaired) electrons. The van der Waals surface area contributed by atoms with Crippen molar-refractivity contribution < 1.29 is 0 Å². The zero-order chi connectivity index (χ0) is 18.2. The van der Waals surface area contributed by atoms with Gasteiger partial charge in [-0.15, -0.1) is 11.3 Å². The summed E-state index contributed by atoms with van der Waals surface area (Å²) in [5.74, 6) is 0.906. The van der Waals surface area contributed by atoms with Gasteiger partial charge in [-0.05, 0) is 55.3 Å². The Labute approximate surface area is 164 Å². The second-order valence-corrected chi connectivity index (χ2v) is 7.67. The summed E-state index contributed by atoms with van der Waals surface area (Å²) in [6, 6.07) is 8.63. The van der Waals surface area contributed by atoms with Gasteiger partial charge in [-0.25, -0.2) is 4.98 Å². The normalized spacial score (nSPS) is 15.9. The van der Waals surface area contributed by atoms with Crippen molar-refractivity contribution in [1.82, 2.24) is 15.6 Å². The molecule has 0 unspecified atom stereocenters. The molecule has 0 aliphatic carbocycles. The van der Waals surface area contributed by atoms with E-state index < -0.39 is 0 Å². The van der Waals surface area contributed by atoms with E-state index in [1.165, 1.54) is 5.00 Å². The van der Waals surface area contributed by atoms with Crippen LogP contribution in [0.4, 0.5) is 5.00 Å². The molecule has 1 aliphatic heterocycles. The number of hydrogen-bond donors (Lipinski definition) is 2. The lowest BCUT2D eigenvalue weighted by atomic mass is 10.1. The van der Waals surface area contributed by atoms with Crippen molar-refractivity contribution in [3.63, 3.8) is 0 Å². The molecule has 0 saturated carbocycles. The molecule has 1 saturated heterocycles. The van der Waals surface area contributed by atoms with Crippen LogP contribution in [0.3, 0.4) is 0 Å². The highest BCUT2D eigenvalue weighted by atomic mass is 35.5. The second-order valence-electron chi connectivity index (χ2n) is 6.36. The van der Waals surface area contributed by atoms with E-state index in [-0.39, 0.29) is 0 Å². The Morgan fingerprint density at radius 2 is 2.19 bits per heavy atom. The lowest BCUT2D eigenvalue weighted by molar-refractivity contribution is 0.463. The Balaban J connectivity index is 1.47. The Kier molecular flexibility index (Phi) is 7.14. The number of thiophene rings is 1. The smallest absolute Gasteiger partial charge is 0.191 e. The first kappa shape index (κ1) is 19.0. The molecule has 140 valence electrons. The fourth-order valence-electron chi connectivity index (χ4n) is 3.06. The summed E-state index contributed by atoms with van der Waals surface area (Å²) in [6.07, 6.45) is 4.93. The van der Waals surface area contributed by atoms with Crippen LogP contribution in [0.5, 0.6) is 0 Å². The SMILES string of the molecule is CCNC(=NCCc1ccc(Cl)nc1)NC1CCN(c2cccs2)CC1. The number of pyridine rings is 1. The molecule has 0 atom stereocenters. The molecule has 5 nitrogen and oxygen atoms in total. The summed E-state index contributed by atoms with van der Waals surface area (Å²) in [7, 11) is 0. The number of guanidine groups is 1. The number of rotatable bonds is 6. The van der Waals surface area contributed by atoms with E-state index >= 15 is 0 Å². The number of anilines is 1. The molecule has 3 rings (SSSR count). The number of hydrogen-bond acceptors (Lipinski definition) is 4. The summed E-state index contributed by atoms with van der Waals surface area (Å²) in [4.78, 5) is 11.3. The lowest BCUT2D eigenvalue weighted by Gasteiger charge is -2.33. The van der Waals surface area contributed by atoms with Crippen molar-refractivity contribution in [2.24, 2.45) is 4.99 Å². The number of piperidine rings is 1. The third-order valence-electron chi connectivity index (χ3n) is 4.46. The first-order valence-electron chi connectivity index (χ1n) is 9.18. The molecular weight excluding hydrogens is 366 g/mol. The van der Waals surface area contributed by atoms with Crippen molar-refractivity contribution >= 4 is 33.9 Å². The molecule has 1 aliphatic rings. The van der Waals surface area contributed by atoms with Crippen LogP contribution in [0.25, 0.3) is 0 Å². The van der Waals surface area contributed by atoms with Gasteiger partial charge in [-0.3, -0.25) is 4.99 Å². The van der Waals surface area contributed by atoms with Crippen LogP contribution in [0, 0.1) is 0 Å². The average molecular weight is 392 g/mol. The molecule has 26 heavy (non-hydrogen) atoms. The number of halogens is 1. The minimum Gasteiger partial charge on any atom is -0.363 e. The molecule has 2 aromatic rings. The van der Waals surface area contributed by atoms with E-state index in [0.717, 1.165) is 57.0 Å². The predicted octanol–water partition coefficient (Wildman–Crippen LogP) is 3.56. The van der Waals surface area contributed by atoms with Gasteiger partial charge in [0.1, 0.15) is 5.15 Å². The number of nitrogens with one attached hydrogen (secondary N) is 2. The monoisotopic (exact) mass is 391 g/mol. The fraction of sp³-hybridized carbons (Fsp3) is 0.474. The maximum absolute atomic E-state index is 5.83. The zero-order valence-electron chi connectivity index (χ0n) is 15.1. The molecule has 3 heterocycles. The van der Waals surface area contributed by atoms with E-state index in [9.17, 15) is 0 Å². The first-order chi connectivity index (χ1) is 12.7. The third kappa shape index (κ3) is 5.61. The highest BCUT2D eigenvalue weighted by molar-refractivity contribution is 7.14. The average Bonchev–Trinajstić information content (AvgIpc) is 3.19. The molecule has 0 amide bonds. The third-order valence-corrected chi connectivity index (χ3v) is 5.61. The summed E-state index contributed by atoms with van der Waals surface area (Å²) in [5.41, 5.74) is 1.15. The maximum Gasteiger partial charge on any atom is 0.191 e. The van der Waals surface area contributed by atoms with Gasteiger partial charge in [-0.1, -0.05) is 17.7 Å². The van der Waals surface area contributed by atoms with Gasteiger partial charge >= 0.3 is 0 Å². The van der Waals surface area contributed by atoms with Gasteiger partial charge in [0.15, 0.2) is 5.96 Å². The highest BCUT2D eigenvalue weighted by Crippen LogP contribution is 2.24. The fourth-order valence-corrected chi connectivity index (χ4v) is 3.96. The quantitative estimate of drug-likeness (QED) is 0.449. The van der Waals surface area contributed by atoms with Crippen LogP contribution in [-0.2, 0) is 6.42 Å². The summed E-state index contributed by atoms with van der Waals surface area (Å²) < 4.78 is 0. The zero-order valence-corrected chi connectivity index (χ0v) is 16.7. The minimum atomic E-state index is 0.473.